The molecule has 0 radical (unpaired) electrons. The highest BCUT2D eigenvalue weighted by Gasteiger charge is 2.21. The number of thiocarbonyl (C=S) groups is 1. The normalized spacial score (nSPS) is 21.8. The molecule has 0 amide bonds. The van der Waals surface area contributed by atoms with Crippen LogP contribution in [0.1, 0.15) is 19.3 Å². The van der Waals surface area contributed by atoms with E-state index in [1.807, 2.05) is 0 Å². The second kappa shape index (κ2) is 6.37. The van der Waals surface area contributed by atoms with E-state index in [-0.39, 0.29) is 0 Å². The van der Waals surface area contributed by atoms with Gasteiger partial charge in [0.1, 0.15) is 13.1 Å². The molecular weight excluding hydrogens is 222 g/mol. The third-order valence-corrected chi connectivity index (χ3v) is 3.37. The maximum Gasteiger partial charge on any atom is 0.166 e. The second-order valence-electron chi connectivity index (χ2n) is 4.64. The molecule has 2 aliphatic rings. The molecule has 1 heterocycles. The Morgan fingerprint density at radius 2 is 2.06 bits per heavy atom. The fourth-order valence-corrected chi connectivity index (χ4v) is 2.18. The van der Waals surface area contributed by atoms with Crippen LogP contribution in [-0.4, -0.2) is 50.5 Å². The third-order valence-electron chi connectivity index (χ3n) is 3.11. The average Bonchev–Trinajstić information content (AvgIpc) is 3.10. The Bertz CT molecular complexity index is 227. The average molecular weight is 244 g/mol. The van der Waals surface area contributed by atoms with Gasteiger partial charge in [-0.05, 0) is 25.1 Å². The van der Waals surface area contributed by atoms with E-state index in [4.69, 9.17) is 17.0 Å². The third kappa shape index (κ3) is 4.63. The zero-order chi connectivity index (χ0) is 11.2. The molecule has 4 nitrogen and oxygen atoms in total. The van der Waals surface area contributed by atoms with Crippen LogP contribution in [0.4, 0.5) is 0 Å². The predicted molar refractivity (Wildman–Crippen MR) is 67.8 cm³/mol. The summed E-state index contributed by atoms with van der Waals surface area (Å²) in [5.74, 6) is 0. The van der Waals surface area contributed by atoms with Crippen molar-refractivity contribution in [2.75, 3.05) is 39.4 Å². The van der Waals surface area contributed by atoms with Gasteiger partial charge in [0, 0.05) is 19.0 Å². The molecule has 0 atom stereocenters. The lowest BCUT2D eigenvalue weighted by Gasteiger charge is -2.23. The summed E-state index contributed by atoms with van der Waals surface area (Å²) < 4.78 is 5.33. The SMILES string of the molecule is S=C(NCCC[NH+]1CCOCC1)NC1CC1. The van der Waals surface area contributed by atoms with Crippen molar-refractivity contribution < 1.29 is 9.64 Å². The Kier molecular flexibility index (Phi) is 4.81. The molecule has 3 N–H and O–H groups in total. The van der Waals surface area contributed by atoms with Crippen LogP contribution in [0, 0.1) is 0 Å². The Hall–Kier alpha value is -0.390. The fourth-order valence-electron chi connectivity index (χ4n) is 1.91. The zero-order valence-corrected chi connectivity index (χ0v) is 10.6. The van der Waals surface area contributed by atoms with E-state index < -0.39 is 0 Å². The summed E-state index contributed by atoms with van der Waals surface area (Å²) in [5.41, 5.74) is 0. The van der Waals surface area contributed by atoms with Gasteiger partial charge in [0.15, 0.2) is 5.11 Å². The van der Waals surface area contributed by atoms with Gasteiger partial charge < -0.3 is 20.3 Å². The molecule has 2 rings (SSSR count). The number of nitrogens with one attached hydrogen (secondary N) is 3. The van der Waals surface area contributed by atoms with Crippen LogP contribution < -0.4 is 15.5 Å². The Morgan fingerprint density at radius 1 is 1.31 bits per heavy atom. The van der Waals surface area contributed by atoms with Crippen LogP contribution in [0.2, 0.25) is 0 Å². The monoisotopic (exact) mass is 244 g/mol. The van der Waals surface area contributed by atoms with Gasteiger partial charge in [0.2, 0.25) is 0 Å². The molecule has 0 aromatic heterocycles. The fraction of sp³-hybridized carbons (Fsp3) is 0.909. The van der Waals surface area contributed by atoms with E-state index in [1.165, 1.54) is 25.8 Å². The topological polar surface area (TPSA) is 37.7 Å². The molecule has 1 saturated carbocycles. The molecule has 1 aliphatic carbocycles. The van der Waals surface area contributed by atoms with Crippen molar-refractivity contribution in [1.82, 2.24) is 10.6 Å². The number of hydrogen-bond donors (Lipinski definition) is 3. The van der Waals surface area contributed by atoms with Crippen molar-refractivity contribution in [2.24, 2.45) is 0 Å². The van der Waals surface area contributed by atoms with Crippen molar-refractivity contribution >= 4 is 17.3 Å². The molecule has 2 fully saturated rings. The molecule has 1 saturated heterocycles. The number of hydrogen-bond acceptors (Lipinski definition) is 2. The van der Waals surface area contributed by atoms with Crippen molar-refractivity contribution in [2.45, 2.75) is 25.3 Å². The Labute approximate surface area is 103 Å². The summed E-state index contributed by atoms with van der Waals surface area (Å²) in [6.45, 7) is 6.37. The van der Waals surface area contributed by atoms with E-state index in [9.17, 15) is 0 Å². The minimum atomic E-state index is 0.657. The highest BCUT2D eigenvalue weighted by atomic mass is 32.1. The van der Waals surface area contributed by atoms with Crippen LogP contribution in [0.5, 0.6) is 0 Å². The van der Waals surface area contributed by atoms with Crippen LogP contribution in [0.3, 0.4) is 0 Å². The van der Waals surface area contributed by atoms with Gasteiger partial charge in [0.25, 0.3) is 0 Å². The molecule has 0 aromatic carbocycles. The van der Waals surface area contributed by atoms with E-state index in [1.54, 1.807) is 4.90 Å². The van der Waals surface area contributed by atoms with E-state index in [2.05, 4.69) is 10.6 Å². The first kappa shape index (κ1) is 12.1. The minimum Gasteiger partial charge on any atom is -0.370 e. The van der Waals surface area contributed by atoms with Gasteiger partial charge in [-0.25, -0.2) is 0 Å². The molecule has 16 heavy (non-hydrogen) atoms. The molecule has 92 valence electrons. The van der Waals surface area contributed by atoms with Crippen molar-refractivity contribution in [3.05, 3.63) is 0 Å². The van der Waals surface area contributed by atoms with Crippen molar-refractivity contribution in [1.29, 1.82) is 0 Å². The summed E-state index contributed by atoms with van der Waals surface area (Å²) in [4.78, 5) is 1.66. The van der Waals surface area contributed by atoms with Crippen molar-refractivity contribution in [3.8, 4) is 0 Å². The molecule has 5 heteroatoms. The van der Waals surface area contributed by atoms with E-state index in [0.29, 0.717) is 6.04 Å². The first-order valence-electron chi connectivity index (χ1n) is 6.30. The lowest BCUT2D eigenvalue weighted by molar-refractivity contribution is -0.908. The van der Waals surface area contributed by atoms with Crippen LogP contribution >= 0.6 is 12.2 Å². The summed E-state index contributed by atoms with van der Waals surface area (Å²) in [6, 6.07) is 0.657. The quantitative estimate of drug-likeness (QED) is 0.425. The second-order valence-corrected chi connectivity index (χ2v) is 5.05. The molecule has 1 aliphatic heterocycles. The van der Waals surface area contributed by atoms with Crippen LogP contribution in [0.15, 0.2) is 0 Å². The smallest absolute Gasteiger partial charge is 0.166 e. The van der Waals surface area contributed by atoms with Gasteiger partial charge in [-0.3, -0.25) is 0 Å². The van der Waals surface area contributed by atoms with Gasteiger partial charge in [-0.15, -0.1) is 0 Å². The number of quaternary nitrogens is 1. The summed E-state index contributed by atoms with van der Waals surface area (Å²) in [6.07, 6.45) is 3.74. The Balaban J connectivity index is 1.45. The number of morpholine rings is 1. The minimum absolute atomic E-state index is 0.657. The van der Waals surface area contributed by atoms with Gasteiger partial charge in [0.05, 0.1) is 19.8 Å². The lowest BCUT2D eigenvalue weighted by Crippen LogP contribution is -3.14. The van der Waals surface area contributed by atoms with Gasteiger partial charge in [-0.1, -0.05) is 0 Å². The van der Waals surface area contributed by atoms with Gasteiger partial charge >= 0.3 is 0 Å². The first-order chi connectivity index (χ1) is 7.84. The largest absolute Gasteiger partial charge is 0.370 e. The zero-order valence-electron chi connectivity index (χ0n) is 9.76. The molecule has 0 bridgehead atoms. The number of rotatable bonds is 5. The Morgan fingerprint density at radius 3 is 2.75 bits per heavy atom. The lowest BCUT2D eigenvalue weighted by atomic mass is 10.3. The first-order valence-corrected chi connectivity index (χ1v) is 6.71. The van der Waals surface area contributed by atoms with Crippen LogP contribution in [-0.2, 0) is 4.74 Å². The summed E-state index contributed by atoms with van der Waals surface area (Å²) in [5, 5.41) is 7.39. The summed E-state index contributed by atoms with van der Waals surface area (Å²) in [7, 11) is 0. The molecule has 0 aromatic rings. The molecule has 0 unspecified atom stereocenters. The van der Waals surface area contributed by atoms with E-state index in [0.717, 1.165) is 38.0 Å². The maximum atomic E-state index is 5.33. The molecular formula is C11H22N3OS+. The predicted octanol–water partition coefficient (Wildman–Crippen LogP) is -1.08. The highest BCUT2D eigenvalue weighted by Crippen LogP contribution is 2.18. The van der Waals surface area contributed by atoms with E-state index >= 15 is 0 Å². The molecule has 0 spiro atoms. The maximum absolute atomic E-state index is 5.33. The standard InChI is InChI=1S/C11H21N3OS/c16-11(13-10-2-3-10)12-4-1-5-14-6-8-15-9-7-14/h10H,1-9H2,(H2,12,13,16)/p+1. The van der Waals surface area contributed by atoms with Gasteiger partial charge in [-0.2, -0.15) is 0 Å². The van der Waals surface area contributed by atoms with Crippen molar-refractivity contribution in [3.63, 3.8) is 0 Å². The number of ether oxygens (including phenoxy) is 1. The highest BCUT2D eigenvalue weighted by molar-refractivity contribution is 7.80. The van der Waals surface area contributed by atoms with Crippen LogP contribution in [0.25, 0.3) is 0 Å². The summed E-state index contributed by atoms with van der Waals surface area (Å²) >= 11 is 5.19.